The molecule has 2 heterocycles. The lowest BCUT2D eigenvalue weighted by Gasteiger charge is -2.08. The predicted molar refractivity (Wildman–Crippen MR) is 87.5 cm³/mol. The van der Waals surface area contributed by atoms with Crippen molar-refractivity contribution in [2.75, 3.05) is 0 Å². The van der Waals surface area contributed by atoms with Gasteiger partial charge in [-0.1, -0.05) is 28.9 Å². The van der Waals surface area contributed by atoms with Gasteiger partial charge in [0, 0.05) is 10.7 Å². The minimum Gasteiger partial charge on any atom is -0.331 e. The van der Waals surface area contributed by atoms with Gasteiger partial charge in [-0.05, 0) is 48.5 Å². The normalized spacial score (nSPS) is 11.1. The maximum atomic E-state index is 5.44. The molecular formula is C15H14BrN3S. The summed E-state index contributed by atoms with van der Waals surface area (Å²) in [6, 6.07) is 10.2. The molecule has 1 aromatic carbocycles. The monoisotopic (exact) mass is 347 g/mol. The minimum atomic E-state index is 0.699. The fourth-order valence-electron chi connectivity index (χ4n) is 2.38. The summed E-state index contributed by atoms with van der Waals surface area (Å²) in [5, 5.41) is 0. The maximum absolute atomic E-state index is 5.44. The molecule has 0 spiro atoms. The highest BCUT2D eigenvalue weighted by Crippen LogP contribution is 2.21. The second-order valence-electron chi connectivity index (χ2n) is 4.64. The molecule has 1 N–H and O–H groups in total. The Bertz CT molecular complexity index is 819. The van der Waals surface area contributed by atoms with Gasteiger partial charge in [-0.25, -0.2) is 0 Å². The van der Waals surface area contributed by atoms with E-state index in [1.165, 1.54) is 5.56 Å². The van der Waals surface area contributed by atoms with Gasteiger partial charge in [0.15, 0.2) is 4.77 Å². The van der Waals surface area contributed by atoms with Crippen LogP contribution in [0.4, 0.5) is 0 Å². The highest BCUT2D eigenvalue weighted by molar-refractivity contribution is 9.10. The van der Waals surface area contributed by atoms with Gasteiger partial charge in [0.1, 0.15) is 0 Å². The van der Waals surface area contributed by atoms with Crippen LogP contribution in [-0.2, 0) is 13.0 Å². The summed E-state index contributed by atoms with van der Waals surface area (Å²) in [7, 11) is 0. The number of nitrogens with one attached hydrogen (secondary N) is 1. The van der Waals surface area contributed by atoms with Crippen LogP contribution in [0.2, 0.25) is 0 Å². The van der Waals surface area contributed by atoms with Crippen LogP contribution in [-0.4, -0.2) is 14.5 Å². The number of aromatic nitrogens is 3. The lowest BCUT2D eigenvalue weighted by atomic mass is 10.1. The Morgan fingerprint density at radius 1 is 1.35 bits per heavy atom. The molecule has 0 bridgehead atoms. The molecule has 0 aliphatic carbocycles. The molecule has 0 aliphatic heterocycles. The van der Waals surface area contributed by atoms with Crippen LogP contribution in [0, 0.1) is 4.77 Å². The van der Waals surface area contributed by atoms with Crippen LogP contribution in [0.5, 0.6) is 0 Å². The number of hydrogen-bond acceptors (Lipinski definition) is 2. The second-order valence-corrected chi connectivity index (χ2v) is 5.94. The number of halogens is 1. The van der Waals surface area contributed by atoms with Crippen LogP contribution in [0.3, 0.4) is 0 Å². The summed E-state index contributed by atoms with van der Waals surface area (Å²) in [6.45, 7) is 2.84. The Kier molecular flexibility index (Phi) is 3.72. The average Bonchev–Trinajstić information content (AvgIpc) is 2.75. The highest BCUT2D eigenvalue weighted by atomic mass is 79.9. The van der Waals surface area contributed by atoms with Crippen molar-refractivity contribution >= 4 is 39.2 Å². The summed E-state index contributed by atoms with van der Waals surface area (Å²) in [4.78, 5) is 7.75. The molecule has 0 saturated heterocycles. The summed E-state index contributed by atoms with van der Waals surface area (Å²) in [5.74, 6) is 0. The van der Waals surface area contributed by atoms with Crippen molar-refractivity contribution in [2.45, 2.75) is 19.9 Å². The van der Waals surface area contributed by atoms with Gasteiger partial charge in [-0.2, -0.15) is 0 Å². The maximum Gasteiger partial charge on any atom is 0.178 e. The molecule has 0 saturated carbocycles. The molecule has 20 heavy (non-hydrogen) atoms. The van der Waals surface area contributed by atoms with Gasteiger partial charge in [0.05, 0.1) is 23.3 Å². The van der Waals surface area contributed by atoms with Crippen LogP contribution >= 0.6 is 28.1 Å². The number of aryl methyl sites for hydroxylation is 1. The van der Waals surface area contributed by atoms with Crippen molar-refractivity contribution in [3.8, 4) is 0 Å². The zero-order chi connectivity index (χ0) is 14.1. The number of rotatable bonds is 3. The van der Waals surface area contributed by atoms with Gasteiger partial charge in [-0.3, -0.25) is 4.98 Å². The predicted octanol–water partition coefficient (Wildman–Crippen LogP) is 4.47. The van der Waals surface area contributed by atoms with E-state index in [4.69, 9.17) is 12.2 Å². The van der Waals surface area contributed by atoms with Crippen LogP contribution in [0.25, 0.3) is 11.0 Å². The molecule has 3 aromatic rings. The summed E-state index contributed by atoms with van der Waals surface area (Å²) in [5.41, 5.74) is 4.49. The molecule has 0 fully saturated rings. The first kappa shape index (κ1) is 13.5. The number of H-pyrrole nitrogens is 1. The van der Waals surface area contributed by atoms with E-state index in [1.54, 1.807) is 0 Å². The Morgan fingerprint density at radius 2 is 2.20 bits per heavy atom. The lowest BCUT2D eigenvalue weighted by Crippen LogP contribution is -2.05. The quantitative estimate of drug-likeness (QED) is 0.709. The van der Waals surface area contributed by atoms with Crippen molar-refractivity contribution in [1.82, 2.24) is 14.5 Å². The largest absolute Gasteiger partial charge is 0.331 e. The van der Waals surface area contributed by atoms with Gasteiger partial charge in [-0.15, -0.1) is 0 Å². The van der Waals surface area contributed by atoms with Crippen molar-refractivity contribution in [3.05, 3.63) is 57.0 Å². The molecule has 102 valence electrons. The molecule has 3 nitrogen and oxygen atoms in total. The molecule has 5 heteroatoms. The number of fused-ring (bicyclic) bond motifs is 1. The van der Waals surface area contributed by atoms with Gasteiger partial charge < -0.3 is 9.55 Å². The van der Waals surface area contributed by atoms with Crippen molar-refractivity contribution < 1.29 is 0 Å². The first-order valence-electron chi connectivity index (χ1n) is 6.50. The Morgan fingerprint density at radius 3 is 3.00 bits per heavy atom. The standard InChI is InChI=1S/C15H14BrN3S/c1-2-10-4-3-7-17-13(10)9-19-14-6-5-11(16)8-12(14)18-15(19)20/h3-8H,2,9H2,1H3,(H,18,20). The van der Waals surface area contributed by atoms with Crippen LogP contribution in [0.15, 0.2) is 41.0 Å². The van der Waals surface area contributed by atoms with Crippen molar-refractivity contribution in [3.63, 3.8) is 0 Å². The fraction of sp³-hybridized carbons (Fsp3) is 0.200. The molecule has 2 aromatic heterocycles. The summed E-state index contributed by atoms with van der Waals surface area (Å²) < 4.78 is 3.87. The lowest BCUT2D eigenvalue weighted by molar-refractivity contribution is 0.771. The number of benzene rings is 1. The van der Waals surface area contributed by atoms with Crippen LogP contribution < -0.4 is 0 Å². The molecule has 3 rings (SSSR count). The molecule has 0 aliphatic rings. The van der Waals surface area contributed by atoms with Crippen molar-refractivity contribution in [2.24, 2.45) is 0 Å². The van der Waals surface area contributed by atoms with E-state index in [0.717, 1.165) is 32.4 Å². The number of imidazole rings is 1. The van der Waals surface area contributed by atoms with E-state index >= 15 is 0 Å². The Balaban J connectivity index is 2.11. The molecule has 0 radical (unpaired) electrons. The summed E-state index contributed by atoms with van der Waals surface area (Å²) >= 11 is 8.92. The average molecular weight is 348 g/mol. The smallest absolute Gasteiger partial charge is 0.178 e. The number of hydrogen-bond donors (Lipinski definition) is 1. The summed E-state index contributed by atoms with van der Waals surface area (Å²) in [6.07, 6.45) is 2.81. The third kappa shape index (κ3) is 2.43. The zero-order valence-corrected chi connectivity index (χ0v) is 13.5. The molecule has 0 atom stereocenters. The van der Waals surface area contributed by atoms with Gasteiger partial charge in [0.2, 0.25) is 0 Å². The minimum absolute atomic E-state index is 0.699. The fourth-order valence-corrected chi connectivity index (χ4v) is 3.01. The van der Waals surface area contributed by atoms with E-state index in [2.05, 4.69) is 49.5 Å². The zero-order valence-electron chi connectivity index (χ0n) is 11.1. The van der Waals surface area contributed by atoms with E-state index in [1.807, 2.05) is 24.4 Å². The van der Waals surface area contributed by atoms with E-state index in [-0.39, 0.29) is 0 Å². The SMILES string of the molecule is CCc1cccnc1Cn1c(=S)[nH]c2cc(Br)ccc21. The van der Waals surface area contributed by atoms with E-state index in [9.17, 15) is 0 Å². The Labute approximate surface area is 130 Å². The third-order valence-corrected chi connectivity index (χ3v) is 4.23. The Hall–Kier alpha value is -1.46. The number of aromatic amines is 1. The molecule has 0 amide bonds. The molecular weight excluding hydrogens is 334 g/mol. The number of pyridine rings is 1. The van der Waals surface area contributed by atoms with E-state index < -0.39 is 0 Å². The van der Waals surface area contributed by atoms with Crippen molar-refractivity contribution in [1.29, 1.82) is 0 Å². The van der Waals surface area contributed by atoms with Crippen LogP contribution in [0.1, 0.15) is 18.2 Å². The third-order valence-electron chi connectivity index (χ3n) is 3.41. The first-order valence-corrected chi connectivity index (χ1v) is 7.70. The highest BCUT2D eigenvalue weighted by Gasteiger charge is 2.08. The van der Waals surface area contributed by atoms with Gasteiger partial charge >= 0.3 is 0 Å². The second kappa shape index (κ2) is 5.50. The molecule has 0 unspecified atom stereocenters. The topological polar surface area (TPSA) is 33.6 Å². The number of nitrogens with zero attached hydrogens (tertiary/aromatic N) is 2. The van der Waals surface area contributed by atoms with Gasteiger partial charge in [0.25, 0.3) is 0 Å². The van der Waals surface area contributed by atoms with E-state index in [0.29, 0.717) is 6.54 Å². The first-order chi connectivity index (χ1) is 9.69.